The van der Waals surface area contributed by atoms with E-state index in [2.05, 4.69) is 10.3 Å². The van der Waals surface area contributed by atoms with Crippen LogP contribution in [0.2, 0.25) is 0 Å². The van der Waals surface area contributed by atoms with Crippen molar-refractivity contribution in [2.24, 2.45) is 0 Å². The fraction of sp³-hybridized carbons (Fsp3) is 0.118. The van der Waals surface area contributed by atoms with Gasteiger partial charge in [0.1, 0.15) is 5.69 Å². The highest BCUT2D eigenvalue weighted by Gasteiger charge is 2.13. The van der Waals surface area contributed by atoms with E-state index in [4.69, 9.17) is 5.73 Å². The molecule has 106 valence electrons. The molecule has 3 N–H and O–H groups in total. The van der Waals surface area contributed by atoms with Crippen LogP contribution in [0.1, 0.15) is 11.1 Å². The summed E-state index contributed by atoms with van der Waals surface area (Å²) >= 11 is 0. The number of aryl methyl sites for hydroxylation is 1. The predicted octanol–water partition coefficient (Wildman–Crippen LogP) is 4.32. The van der Waals surface area contributed by atoms with E-state index in [1.807, 2.05) is 38.1 Å². The molecule has 0 aliphatic heterocycles. The molecule has 0 bridgehead atoms. The molecule has 0 aliphatic carbocycles. The van der Waals surface area contributed by atoms with Gasteiger partial charge in [0.25, 0.3) is 0 Å². The molecule has 3 nitrogen and oxygen atoms in total. The van der Waals surface area contributed by atoms with Crippen molar-refractivity contribution >= 4 is 28.0 Å². The van der Waals surface area contributed by atoms with Gasteiger partial charge in [0.05, 0.1) is 5.52 Å². The van der Waals surface area contributed by atoms with Crippen LogP contribution in [0.5, 0.6) is 0 Å². The minimum absolute atomic E-state index is 0.355. The lowest BCUT2D eigenvalue weighted by Crippen LogP contribution is -2.01. The zero-order valence-corrected chi connectivity index (χ0v) is 11.9. The molecule has 0 amide bonds. The van der Waals surface area contributed by atoms with Crippen LogP contribution < -0.4 is 11.1 Å². The van der Waals surface area contributed by atoms with Gasteiger partial charge in [0.2, 0.25) is 0 Å². The Labute approximate surface area is 122 Å². The molecule has 21 heavy (non-hydrogen) atoms. The van der Waals surface area contributed by atoms with Crippen molar-refractivity contribution in [1.29, 1.82) is 0 Å². The number of nitrogens with two attached hydrogens (primary N) is 1. The van der Waals surface area contributed by atoms with E-state index in [9.17, 15) is 4.39 Å². The average molecular weight is 281 g/mol. The smallest absolute Gasteiger partial charge is 0.150 e. The average Bonchev–Trinajstić information content (AvgIpc) is 2.47. The third kappa shape index (κ3) is 2.29. The van der Waals surface area contributed by atoms with Crippen LogP contribution >= 0.6 is 0 Å². The summed E-state index contributed by atoms with van der Waals surface area (Å²) in [7, 11) is 0. The number of nitrogen functional groups attached to an aromatic ring is 1. The Morgan fingerprint density at radius 3 is 2.76 bits per heavy atom. The minimum atomic E-state index is -0.403. The molecule has 0 spiro atoms. The molecule has 0 radical (unpaired) electrons. The minimum Gasteiger partial charge on any atom is -0.398 e. The van der Waals surface area contributed by atoms with Gasteiger partial charge >= 0.3 is 0 Å². The Kier molecular flexibility index (Phi) is 3.22. The van der Waals surface area contributed by atoms with Crippen LogP contribution in [0.15, 0.2) is 42.6 Å². The first-order valence-electron chi connectivity index (χ1n) is 6.74. The highest BCUT2D eigenvalue weighted by molar-refractivity contribution is 5.99. The van der Waals surface area contributed by atoms with Gasteiger partial charge in [-0.15, -0.1) is 0 Å². The maximum absolute atomic E-state index is 14.3. The fourth-order valence-electron chi connectivity index (χ4n) is 2.38. The Bertz CT molecular complexity index is 828. The Balaban J connectivity index is 2.19. The molecule has 0 saturated carbocycles. The van der Waals surface area contributed by atoms with E-state index < -0.39 is 5.82 Å². The lowest BCUT2D eigenvalue weighted by atomic mass is 10.1. The highest BCUT2D eigenvalue weighted by Crippen LogP contribution is 2.33. The van der Waals surface area contributed by atoms with Gasteiger partial charge in [-0.2, -0.15) is 0 Å². The summed E-state index contributed by atoms with van der Waals surface area (Å²) in [5, 5.41) is 3.90. The Morgan fingerprint density at radius 1 is 1.14 bits per heavy atom. The van der Waals surface area contributed by atoms with Crippen LogP contribution in [0.3, 0.4) is 0 Å². The van der Waals surface area contributed by atoms with Crippen molar-refractivity contribution in [1.82, 2.24) is 4.98 Å². The van der Waals surface area contributed by atoms with Crippen LogP contribution in [0.25, 0.3) is 10.9 Å². The van der Waals surface area contributed by atoms with Gasteiger partial charge in [0, 0.05) is 23.0 Å². The second kappa shape index (κ2) is 5.05. The lowest BCUT2D eigenvalue weighted by Gasteiger charge is -2.14. The molecule has 0 unspecified atom stereocenters. The van der Waals surface area contributed by atoms with Crippen LogP contribution in [-0.2, 0) is 0 Å². The maximum Gasteiger partial charge on any atom is 0.150 e. The third-order valence-corrected chi connectivity index (χ3v) is 3.74. The quantitative estimate of drug-likeness (QED) is 0.688. The third-order valence-electron chi connectivity index (χ3n) is 3.74. The van der Waals surface area contributed by atoms with Gasteiger partial charge in [-0.1, -0.05) is 12.1 Å². The summed E-state index contributed by atoms with van der Waals surface area (Å²) in [6, 6.07) is 10.8. The number of rotatable bonds is 2. The van der Waals surface area contributed by atoms with Crippen molar-refractivity contribution in [3.05, 3.63) is 59.5 Å². The zero-order valence-electron chi connectivity index (χ0n) is 11.9. The second-order valence-electron chi connectivity index (χ2n) is 5.09. The van der Waals surface area contributed by atoms with Crippen LogP contribution in [0.4, 0.5) is 21.5 Å². The SMILES string of the molecule is Cc1cccc(Nc2c(F)cc(N)c3cccnc23)c1C. The zero-order chi connectivity index (χ0) is 15.0. The first kappa shape index (κ1) is 13.4. The predicted molar refractivity (Wildman–Crippen MR) is 85.3 cm³/mol. The number of aromatic nitrogens is 1. The summed E-state index contributed by atoms with van der Waals surface area (Å²) < 4.78 is 14.3. The van der Waals surface area contributed by atoms with Crippen molar-refractivity contribution in [3.8, 4) is 0 Å². The summed E-state index contributed by atoms with van der Waals surface area (Å²) in [4.78, 5) is 4.27. The monoisotopic (exact) mass is 281 g/mol. The van der Waals surface area contributed by atoms with Gasteiger partial charge in [0.15, 0.2) is 5.82 Å². The normalized spacial score (nSPS) is 10.8. The molecule has 0 aliphatic rings. The van der Waals surface area contributed by atoms with E-state index in [0.29, 0.717) is 16.9 Å². The number of fused-ring (bicyclic) bond motifs is 1. The van der Waals surface area contributed by atoms with Crippen LogP contribution in [0, 0.1) is 19.7 Å². The highest BCUT2D eigenvalue weighted by atomic mass is 19.1. The number of hydrogen-bond acceptors (Lipinski definition) is 3. The molecule has 1 aromatic heterocycles. The van der Waals surface area contributed by atoms with Crippen molar-refractivity contribution in [2.75, 3.05) is 11.1 Å². The van der Waals surface area contributed by atoms with Crippen LogP contribution in [-0.4, -0.2) is 4.98 Å². The van der Waals surface area contributed by atoms with Crippen molar-refractivity contribution < 1.29 is 4.39 Å². The van der Waals surface area contributed by atoms with E-state index >= 15 is 0 Å². The van der Waals surface area contributed by atoms with Gasteiger partial charge in [-0.05, 0) is 49.2 Å². The first-order chi connectivity index (χ1) is 10.1. The molecule has 0 fully saturated rings. The summed E-state index contributed by atoms with van der Waals surface area (Å²) in [5.41, 5.74) is 10.2. The maximum atomic E-state index is 14.3. The van der Waals surface area contributed by atoms with Crippen molar-refractivity contribution in [2.45, 2.75) is 13.8 Å². The van der Waals surface area contributed by atoms with Crippen molar-refractivity contribution in [3.63, 3.8) is 0 Å². The lowest BCUT2D eigenvalue weighted by molar-refractivity contribution is 0.634. The standard InChI is InChI=1S/C17H16FN3/c1-10-5-3-7-15(11(10)2)21-17-13(18)9-14(19)12-6-4-8-20-16(12)17/h3-9,21H,19H2,1-2H3. The summed E-state index contributed by atoms with van der Waals surface area (Å²) in [6.07, 6.45) is 1.63. The van der Waals surface area contributed by atoms with E-state index in [1.54, 1.807) is 12.3 Å². The van der Waals surface area contributed by atoms with E-state index in [1.165, 1.54) is 6.07 Å². The molecule has 3 rings (SSSR count). The summed E-state index contributed by atoms with van der Waals surface area (Å²) in [5.74, 6) is -0.403. The molecule has 2 aromatic carbocycles. The molecule has 3 aromatic rings. The molecule has 0 atom stereocenters. The molecular formula is C17H16FN3. The molecule has 0 saturated heterocycles. The number of anilines is 3. The largest absolute Gasteiger partial charge is 0.398 e. The fourth-order valence-corrected chi connectivity index (χ4v) is 2.38. The number of hydrogen-bond donors (Lipinski definition) is 2. The Hall–Kier alpha value is -2.62. The Morgan fingerprint density at radius 2 is 1.95 bits per heavy atom. The number of nitrogens with zero attached hydrogens (tertiary/aromatic N) is 1. The number of pyridine rings is 1. The van der Waals surface area contributed by atoms with Gasteiger partial charge < -0.3 is 11.1 Å². The second-order valence-corrected chi connectivity index (χ2v) is 5.09. The van der Waals surface area contributed by atoms with E-state index in [0.717, 1.165) is 22.2 Å². The molecular weight excluding hydrogens is 265 g/mol. The van der Waals surface area contributed by atoms with Gasteiger partial charge in [-0.25, -0.2) is 4.39 Å². The number of benzene rings is 2. The van der Waals surface area contributed by atoms with Gasteiger partial charge in [-0.3, -0.25) is 4.98 Å². The summed E-state index contributed by atoms with van der Waals surface area (Å²) in [6.45, 7) is 4.03. The topological polar surface area (TPSA) is 50.9 Å². The molecule has 4 heteroatoms. The number of halogens is 1. The number of nitrogens with one attached hydrogen (secondary N) is 1. The molecule has 1 heterocycles. The van der Waals surface area contributed by atoms with E-state index in [-0.39, 0.29) is 0 Å². The first-order valence-corrected chi connectivity index (χ1v) is 6.74.